The third-order valence-electron chi connectivity index (χ3n) is 2.91. The fourth-order valence-corrected chi connectivity index (χ4v) is 2.82. The molecule has 1 saturated heterocycles. The molecule has 0 radical (unpaired) electrons. The Balaban J connectivity index is 2.20. The van der Waals surface area contributed by atoms with Gasteiger partial charge >= 0.3 is 0 Å². The molecule has 4 nitrogen and oxygen atoms in total. The summed E-state index contributed by atoms with van der Waals surface area (Å²) in [6, 6.07) is 3.11. The van der Waals surface area contributed by atoms with Crippen molar-refractivity contribution >= 4 is 17.7 Å². The molecule has 20 heavy (non-hydrogen) atoms. The first-order valence-electron chi connectivity index (χ1n) is 6.32. The van der Waals surface area contributed by atoms with Crippen LogP contribution in [0.5, 0.6) is 0 Å². The first-order valence-corrected chi connectivity index (χ1v) is 7.20. The maximum absolute atomic E-state index is 12.5. The monoisotopic (exact) mass is 302 g/mol. The molecule has 1 aromatic heterocycles. The fraction of sp³-hybridized carbons (Fsp3) is 0.538. The van der Waals surface area contributed by atoms with E-state index in [0.29, 0.717) is 24.9 Å². The van der Waals surface area contributed by atoms with E-state index in [2.05, 4.69) is 4.98 Å². The summed E-state index contributed by atoms with van der Waals surface area (Å²) in [4.78, 5) is 18.0. The molecule has 110 valence electrons. The third kappa shape index (κ3) is 3.67. The Hall–Kier alpha value is -1.21. The molecule has 2 heterocycles. The van der Waals surface area contributed by atoms with Crippen molar-refractivity contribution in [3.8, 4) is 0 Å². The van der Waals surface area contributed by atoms with Gasteiger partial charge in [0, 0.05) is 19.3 Å². The number of hydrogen-bond donors (Lipinski definition) is 0. The minimum Gasteiger partial charge on any atom is -0.372 e. The van der Waals surface area contributed by atoms with E-state index in [0.717, 1.165) is 0 Å². The molecule has 1 aliphatic heterocycles. The van der Waals surface area contributed by atoms with Gasteiger partial charge in [0.1, 0.15) is 5.03 Å². The fourth-order valence-electron chi connectivity index (χ4n) is 2.25. The minimum absolute atomic E-state index is 0.0643. The number of aromatic nitrogens is 1. The highest BCUT2D eigenvalue weighted by Crippen LogP contribution is 2.27. The molecule has 1 amide bonds. The van der Waals surface area contributed by atoms with Crippen LogP contribution in [0.4, 0.5) is 8.78 Å². The number of ether oxygens (including phenoxy) is 1. The lowest BCUT2D eigenvalue weighted by atomic mass is 10.2. The first-order chi connectivity index (χ1) is 9.47. The number of nitrogens with zero attached hydrogens (tertiary/aromatic N) is 2. The Morgan fingerprint density at radius 2 is 2.10 bits per heavy atom. The Bertz CT molecular complexity index is 477. The van der Waals surface area contributed by atoms with Gasteiger partial charge < -0.3 is 9.64 Å². The molecule has 1 fully saturated rings. The first kappa shape index (κ1) is 15.2. The zero-order valence-corrected chi connectivity index (χ0v) is 12.1. The second kappa shape index (κ2) is 6.49. The van der Waals surface area contributed by atoms with Crippen LogP contribution in [0.15, 0.2) is 23.4 Å². The summed E-state index contributed by atoms with van der Waals surface area (Å²) >= 11 is 0.296. The van der Waals surface area contributed by atoms with Crippen molar-refractivity contribution in [3.05, 3.63) is 23.9 Å². The maximum Gasteiger partial charge on any atom is 0.290 e. The number of rotatable bonds is 3. The van der Waals surface area contributed by atoms with Crippen LogP contribution in [0.1, 0.15) is 24.2 Å². The number of alkyl halides is 2. The van der Waals surface area contributed by atoms with E-state index >= 15 is 0 Å². The summed E-state index contributed by atoms with van der Waals surface area (Å²) < 4.78 is 30.6. The summed E-state index contributed by atoms with van der Waals surface area (Å²) in [5, 5.41) is 0.0688. The van der Waals surface area contributed by atoms with Gasteiger partial charge in [0.25, 0.3) is 11.7 Å². The molecule has 1 aliphatic rings. The van der Waals surface area contributed by atoms with Crippen LogP contribution in [0.3, 0.4) is 0 Å². The number of carbonyl (C=O) groups excluding carboxylic acids is 1. The van der Waals surface area contributed by atoms with Crippen LogP contribution in [0.25, 0.3) is 0 Å². The molecule has 2 rings (SSSR count). The van der Waals surface area contributed by atoms with Gasteiger partial charge in [-0.1, -0.05) is 0 Å². The normalized spacial score (nSPS) is 23.1. The number of thioether (sulfide) groups is 1. The number of halogens is 2. The van der Waals surface area contributed by atoms with E-state index in [4.69, 9.17) is 4.74 Å². The highest BCUT2D eigenvalue weighted by atomic mass is 32.2. The molecule has 0 N–H and O–H groups in total. The predicted octanol–water partition coefficient (Wildman–Crippen LogP) is 2.65. The van der Waals surface area contributed by atoms with Crippen molar-refractivity contribution < 1.29 is 18.3 Å². The van der Waals surface area contributed by atoms with Crippen LogP contribution in [0.2, 0.25) is 0 Å². The highest BCUT2D eigenvalue weighted by molar-refractivity contribution is 7.99. The van der Waals surface area contributed by atoms with E-state index in [1.807, 2.05) is 13.8 Å². The third-order valence-corrected chi connectivity index (χ3v) is 3.64. The van der Waals surface area contributed by atoms with E-state index < -0.39 is 5.76 Å². The van der Waals surface area contributed by atoms with E-state index in [1.54, 1.807) is 11.0 Å². The van der Waals surface area contributed by atoms with E-state index in [1.165, 1.54) is 12.3 Å². The maximum atomic E-state index is 12.5. The zero-order valence-electron chi connectivity index (χ0n) is 11.3. The Morgan fingerprint density at radius 3 is 2.70 bits per heavy atom. The number of hydrogen-bond acceptors (Lipinski definition) is 4. The lowest BCUT2D eigenvalue weighted by molar-refractivity contribution is -0.0587. The Morgan fingerprint density at radius 1 is 1.45 bits per heavy atom. The molecular weight excluding hydrogens is 286 g/mol. The smallest absolute Gasteiger partial charge is 0.290 e. The molecule has 1 aromatic rings. The molecule has 2 atom stereocenters. The number of pyridine rings is 1. The van der Waals surface area contributed by atoms with Gasteiger partial charge in [-0.25, -0.2) is 4.98 Å². The number of carbonyl (C=O) groups is 1. The van der Waals surface area contributed by atoms with Gasteiger partial charge in [-0.15, -0.1) is 0 Å². The molecule has 7 heteroatoms. The van der Waals surface area contributed by atoms with Crippen molar-refractivity contribution in [1.82, 2.24) is 9.88 Å². The van der Waals surface area contributed by atoms with E-state index in [9.17, 15) is 13.6 Å². The summed E-state index contributed by atoms with van der Waals surface area (Å²) in [5.41, 5.74) is 0.221. The van der Waals surface area contributed by atoms with Gasteiger partial charge in [0.2, 0.25) is 0 Å². The van der Waals surface area contributed by atoms with Gasteiger partial charge in [0.05, 0.1) is 17.8 Å². The lowest BCUT2D eigenvalue weighted by Crippen LogP contribution is -2.48. The highest BCUT2D eigenvalue weighted by Gasteiger charge is 2.28. The Labute approximate surface area is 120 Å². The summed E-state index contributed by atoms with van der Waals surface area (Å²) in [6.45, 7) is 4.68. The predicted molar refractivity (Wildman–Crippen MR) is 72.0 cm³/mol. The largest absolute Gasteiger partial charge is 0.372 e. The molecule has 0 spiro atoms. The molecule has 0 saturated carbocycles. The van der Waals surface area contributed by atoms with Crippen molar-refractivity contribution in [2.45, 2.75) is 36.8 Å². The molecule has 2 unspecified atom stereocenters. The van der Waals surface area contributed by atoms with Crippen molar-refractivity contribution in [1.29, 1.82) is 0 Å². The van der Waals surface area contributed by atoms with Crippen molar-refractivity contribution in [2.24, 2.45) is 0 Å². The number of amides is 1. The van der Waals surface area contributed by atoms with Gasteiger partial charge in [-0.2, -0.15) is 8.78 Å². The SMILES string of the molecule is CC1CN(C(=O)c2cccnc2SC(F)F)CC(C)O1. The van der Waals surface area contributed by atoms with Crippen LogP contribution < -0.4 is 0 Å². The lowest BCUT2D eigenvalue weighted by Gasteiger charge is -2.35. The van der Waals surface area contributed by atoms with E-state index in [-0.39, 0.29) is 28.7 Å². The standard InChI is InChI=1S/C13H16F2N2O2S/c1-8-6-17(7-9(2)19-8)12(18)10-4-3-5-16-11(10)20-13(14)15/h3-5,8-9,13H,6-7H2,1-2H3. The summed E-state index contributed by atoms with van der Waals surface area (Å²) in [7, 11) is 0. The van der Waals surface area contributed by atoms with Crippen LogP contribution in [-0.2, 0) is 4.74 Å². The average molecular weight is 302 g/mol. The summed E-state index contributed by atoms with van der Waals surface area (Å²) in [5.74, 6) is -2.87. The van der Waals surface area contributed by atoms with Crippen LogP contribution >= 0.6 is 11.8 Å². The van der Waals surface area contributed by atoms with Gasteiger partial charge in [-0.3, -0.25) is 4.79 Å². The molecular formula is C13H16F2N2O2S. The number of morpholine rings is 1. The Kier molecular flexibility index (Phi) is 4.93. The second-order valence-electron chi connectivity index (χ2n) is 4.70. The quantitative estimate of drug-likeness (QED) is 0.805. The zero-order chi connectivity index (χ0) is 14.7. The van der Waals surface area contributed by atoms with Crippen LogP contribution in [-0.4, -0.2) is 46.8 Å². The van der Waals surface area contributed by atoms with Crippen molar-refractivity contribution in [3.63, 3.8) is 0 Å². The second-order valence-corrected chi connectivity index (χ2v) is 5.68. The van der Waals surface area contributed by atoms with Crippen molar-refractivity contribution in [2.75, 3.05) is 13.1 Å². The summed E-state index contributed by atoms with van der Waals surface area (Å²) in [6.07, 6.45) is 1.28. The van der Waals surface area contributed by atoms with Gasteiger partial charge in [-0.05, 0) is 37.7 Å². The average Bonchev–Trinajstić information content (AvgIpc) is 2.36. The molecule has 0 aliphatic carbocycles. The minimum atomic E-state index is -2.60. The topological polar surface area (TPSA) is 42.4 Å². The molecule has 0 bridgehead atoms. The molecule has 0 aromatic carbocycles. The van der Waals surface area contributed by atoms with Crippen LogP contribution in [0, 0.1) is 0 Å². The van der Waals surface area contributed by atoms with Gasteiger partial charge in [0.15, 0.2) is 0 Å².